The molecule has 15 nitrogen and oxygen atoms in total. The van der Waals surface area contributed by atoms with Crippen LogP contribution in [0.2, 0.25) is 0 Å². The number of aliphatic hydroxyl groups is 1. The number of carbonyl (C=O) groups excluding carboxylic acids is 2. The van der Waals surface area contributed by atoms with Crippen molar-refractivity contribution >= 4 is 50.8 Å². The lowest BCUT2D eigenvalue weighted by Crippen LogP contribution is -2.59. The average molecular weight is 689 g/mol. The van der Waals surface area contributed by atoms with E-state index < -0.39 is 45.6 Å². The topological polar surface area (TPSA) is 204 Å². The monoisotopic (exact) mass is 688 g/mol. The molecule has 1 fully saturated rings. The van der Waals surface area contributed by atoms with Crippen molar-refractivity contribution < 1.29 is 52.4 Å². The van der Waals surface area contributed by atoms with Crippen LogP contribution in [0.1, 0.15) is 17.5 Å². The zero-order chi connectivity index (χ0) is 34.7. The minimum absolute atomic E-state index is 0.0195. The van der Waals surface area contributed by atoms with Gasteiger partial charge in [-0.05, 0) is 48.2 Å². The number of hydrogen-bond acceptors (Lipinski definition) is 12. The number of likely N-dealkylation sites (tertiary alicyclic amines) is 1. The van der Waals surface area contributed by atoms with Crippen LogP contribution >= 0.6 is 11.3 Å². The molecule has 0 spiro atoms. The van der Waals surface area contributed by atoms with Crippen LogP contribution in [0.15, 0.2) is 70.4 Å². The molecule has 2 aromatic heterocycles. The van der Waals surface area contributed by atoms with E-state index in [1.807, 2.05) is 0 Å². The van der Waals surface area contributed by atoms with Gasteiger partial charge in [0.1, 0.15) is 9.96 Å². The van der Waals surface area contributed by atoms with Crippen molar-refractivity contribution in [2.75, 3.05) is 39.2 Å². The number of aliphatic hydroxyl groups excluding tert-OH is 1. The number of anilines is 1. The van der Waals surface area contributed by atoms with Gasteiger partial charge in [0.2, 0.25) is 11.8 Å². The third kappa shape index (κ3) is 6.42. The van der Waals surface area contributed by atoms with Crippen LogP contribution in [-0.4, -0.2) is 109 Å². The zero-order valence-electron chi connectivity index (χ0n) is 25.6. The van der Waals surface area contributed by atoms with Gasteiger partial charge in [-0.25, -0.2) is 14.6 Å². The van der Waals surface area contributed by atoms with Gasteiger partial charge in [-0.3, -0.25) is 14.5 Å². The summed E-state index contributed by atoms with van der Waals surface area (Å²) in [6, 6.07) is 9.97. The number of methoxy groups -OCH3 is 2. The molecule has 0 saturated carbocycles. The molecule has 3 aromatic rings. The van der Waals surface area contributed by atoms with Gasteiger partial charge in [-0.15, -0.1) is 11.3 Å². The van der Waals surface area contributed by atoms with Crippen LogP contribution in [0.4, 0.5) is 5.69 Å². The number of benzene rings is 1. The Morgan fingerprint density at radius 3 is 2.28 bits per heavy atom. The number of ether oxygens (including phenoxy) is 2. The van der Waals surface area contributed by atoms with Crippen molar-refractivity contribution in [3.63, 3.8) is 0 Å². The second kappa shape index (κ2) is 13.9. The molecule has 0 radical (unpaired) electrons. The van der Waals surface area contributed by atoms with Gasteiger partial charge >= 0.3 is 11.9 Å². The number of fused-ring (bicyclic) bond motifs is 1. The molecule has 2 amide bonds. The third-order valence-corrected chi connectivity index (χ3v) is 10.5. The minimum atomic E-state index is -4.36. The van der Waals surface area contributed by atoms with E-state index in [1.165, 1.54) is 37.4 Å². The number of carboxylic acids is 2. The number of aliphatic carboxylic acids is 2. The van der Waals surface area contributed by atoms with Crippen LogP contribution in [-0.2, 0) is 34.7 Å². The number of pyridine rings is 1. The molecule has 3 N–H and O–H groups in total. The number of aromatic nitrogens is 1. The number of hydrogen-bond donors (Lipinski definition) is 3. The highest BCUT2D eigenvalue weighted by molar-refractivity contribution is 7.95. The molecule has 47 heavy (non-hydrogen) atoms. The lowest BCUT2D eigenvalue weighted by Gasteiger charge is -2.41. The van der Waals surface area contributed by atoms with Crippen molar-refractivity contribution in [2.24, 2.45) is 0 Å². The summed E-state index contributed by atoms with van der Waals surface area (Å²) in [6.45, 7) is -0.0857. The highest BCUT2D eigenvalue weighted by atomic mass is 32.2. The Kier molecular flexibility index (Phi) is 10.3. The lowest BCUT2D eigenvalue weighted by molar-refractivity contribution is -0.138. The van der Waals surface area contributed by atoms with Crippen LogP contribution < -0.4 is 13.8 Å². The predicted octanol–water partition coefficient (Wildman–Crippen LogP) is 1.37. The number of nitrogens with zero attached hydrogens (tertiary/aromatic N) is 4. The molecular weight excluding hydrogens is 656 g/mol. The Balaban J connectivity index is 0.000000555. The summed E-state index contributed by atoms with van der Waals surface area (Å²) < 4.78 is 39.8. The second-order valence-corrected chi connectivity index (χ2v) is 13.4. The summed E-state index contributed by atoms with van der Waals surface area (Å²) in [7, 11) is 1.67. The summed E-state index contributed by atoms with van der Waals surface area (Å²) in [5.41, 5.74) is -1.29. The number of thiophene rings is 1. The molecule has 2 aliphatic rings. The molecule has 1 saturated heterocycles. The van der Waals surface area contributed by atoms with E-state index in [2.05, 4.69) is 4.98 Å². The number of rotatable bonds is 9. The number of likely N-dealkylation sites (N-methyl/N-ethyl adjacent to an activating group) is 1. The highest BCUT2D eigenvalue weighted by Crippen LogP contribution is 2.55. The van der Waals surface area contributed by atoms with E-state index in [9.17, 15) is 32.7 Å². The predicted molar refractivity (Wildman–Crippen MR) is 168 cm³/mol. The van der Waals surface area contributed by atoms with Gasteiger partial charge in [0.25, 0.3) is 15.9 Å². The molecule has 17 heteroatoms. The fraction of sp³-hybridized carbons (Fsp3) is 0.300. The summed E-state index contributed by atoms with van der Waals surface area (Å²) in [4.78, 5) is 54.7. The number of amides is 2. The maximum absolute atomic E-state index is 14.9. The summed E-state index contributed by atoms with van der Waals surface area (Å²) in [6.07, 6.45) is 1.70. The summed E-state index contributed by atoms with van der Waals surface area (Å²) in [5.74, 6) is -3.24. The SMILES string of the molecule is COc1ccc2c(c1)C(c1cccnc1OC)(N1C[C@H](O)C[C@H]1C(=O)N(C)C)C(=O)N2S(=O)(=O)c1cccs1.O=C(O)C=CC(=O)O. The van der Waals surface area contributed by atoms with Gasteiger partial charge in [-0.1, -0.05) is 6.07 Å². The van der Waals surface area contributed by atoms with E-state index in [0.29, 0.717) is 17.9 Å². The standard InChI is InChI=1S/C26H28N4O7S2.C4H4O4/c1-28(2)24(32)21-13-16(31)15-29(21)26(18-7-5-11-27-23(18)37-4)19-14-17(36-3)9-10-20(19)30(25(26)33)39(34,35)22-8-6-12-38-22;5-3(6)1-2-4(7)8/h5-12,14,16,21,31H,13,15H2,1-4H3;1-2H,(H,5,6)(H,7,8)/t16-,21+,26?;/m1./s1. The maximum Gasteiger partial charge on any atom is 0.328 e. The lowest BCUT2D eigenvalue weighted by atomic mass is 9.81. The fourth-order valence-corrected chi connectivity index (χ4v) is 8.12. The van der Waals surface area contributed by atoms with Gasteiger partial charge in [-0.2, -0.15) is 12.7 Å². The van der Waals surface area contributed by atoms with Crippen molar-refractivity contribution in [3.8, 4) is 11.6 Å². The number of carbonyl (C=O) groups is 4. The smallest absolute Gasteiger partial charge is 0.328 e. The number of β-amino-alcohol motifs (C(OH)–C–C–N with tert-alkyl or cyclic N) is 1. The summed E-state index contributed by atoms with van der Waals surface area (Å²) >= 11 is 0.989. The van der Waals surface area contributed by atoms with Gasteiger partial charge in [0.05, 0.1) is 32.1 Å². The fourth-order valence-electron chi connectivity index (χ4n) is 5.60. The van der Waals surface area contributed by atoms with Crippen LogP contribution in [0.3, 0.4) is 0 Å². The summed E-state index contributed by atoms with van der Waals surface area (Å²) in [5, 5.41) is 28.1. The molecule has 0 bridgehead atoms. The molecule has 4 heterocycles. The molecule has 0 aliphatic carbocycles. The van der Waals surface area contributed by atoms with E-state index in [0.717, 1.165) is 15.6 Å². The van der Waals surface area contributed by atoms with Crippen molar-refractivity contribution in [2.45, 2.75) is 28.3 Å². The van der Waals surface area contributed by atoms with Crippen molar-refractivity contribution in [1.29, 1.82) is 0 Å². The van der Waals surface area contributed by atoms with E-state index in [4.69, 9.17) is 19.7 Å². The number of carboxylic acid groups (broad SMARTS) is 2. The second-order valence-electron chi connectivity index (χ2n) is 10.5. The molecule has 1 unspecified atom stereocenters. The maximum atomic E-state index is 14.9. The Morgan fingerprint density at radius 1 is 1.04 bits per heavy atom. The quantitative estimate of drug-likeness (QED) is 0.272. The molecule has 250 valence electrons. The highest BCUT2D eigenvalue weighted by Gasteiger charge is 2.64. The van der Waals surface area contributed by atoms with Gasteiger partial charge in [0.15, 0.2) is 5.54 Å². The number of sulfonamides is 1. The van der Waals surface area contributed by atoms with Crippen LogP contribution in [0.25, 0.3) is 0 Å². The first-order valence-electron chi connectivity index (χ1n) is 13.8. The van der Waals surface area contributed by atoms with Crippen LogP contribution in [0, 0.1) is 0 Å². The van der Waals surface area contributed by atoms with Crippen LogP contribution in [0.5, 0.6) is 11.6 Å². The Hall–Kier alpha value is -4.84. The molecule has 1 aromatic carbocycles. The largest absolute Gasteiger partial charge is 0.497 e. The third-order valence-electron chi connectivity index (χ3n) is 7.45. The Morgan fingerprint density at radius 2 is 1.72 bits per heavy atom. The Bertz CT molecular complexity index is 1800. The van der Waals surface area contributed by atoms with Crippen molar-refractivity contribution in [3.05, 3.63) is 77.3 Å². The molecular formula is C30H32N4O11S2. The minimum Gasteiger partial charge on any atom is -0.497 e. The normalized spacial score (nSPS) is 20.8. The van der Waals surface area contributed by atoms with E-state index in [1.54, 1.807) is 54.7 Å². The van der Waals surface area contributed by atoms with E-state index in [-0.39, 0.29) is 45.8 Å². The molecule has 5 rings (SSSR count). The van der Waals surface area contributed by atoms with Gasteiger partial charge < -0.3 is 29.7 Å². The van der Waals surface area contributed by atoms with Gasteiger partial charge in [0, 0.05) is 50.1 Å². The zero-order valence-corrected chi connectivity index (χ0v) is 27.3. The van der Waals surface area contributed by atoms with Crippen molar-refractivity contribution in [1.82, 2.24) is 14.8 Å². The van der Waals surface area contributed by atoms with E-state index >= 15 is 0 Å². The molecule has 2 aliphatic heterocycles. The first-order chi connectivity index (χ1) is 22.2. The first kappa shape index (κ1) is 35.0. The first-order valence-corrected chi connectivity index (χ1v) is 16.1. The average Bonchev–Trinajstić information content (AvgIpc) is 3.77. The Labute approximate surface area is 273 Å². The molecule has 3 atom stereocenters.